The molecule has 3 aromatic rings. The third-order valence-electron chi connectivity index (χ3n) is 3.43. The molecule has 2 heterocycles. The number of ether oxygens (including phenoxy) is 1. The molecule has 0 aliphatic heterocycles. The Bertz CT molecular complexity index is 889. The van der Waals surface area contributed by atoms with Crippen LogP contribution in [0.15, 0.2) is 48.7 Å². The van der Waals surface area contributed by atoms with Crippen LogP contribution in [0.4, 0.5) is 5.82 Å². The SMILES string of the molecule is CCOC(=O)c1cnn(-c2cccc(-c3ccccc3O)n2)c1N. The summed E-state index contributed by atoms with van der Waals surface area (Å²) in [7, 11) is 0. The molecular formula is C17H16N4O3. The number of benzene rings is 1. The summed E-state index contributed by atoms with van der Waals surface area (Å²) in [5, 5.41) is 14.1. The molecule has 0 atom stereocenters. The minimum atomic E-state index is -0.530. The summed E-state index contributed by atoms with van der Waals surface area (Å²) in [6.07, 6.45) is 1.35. The number of esters is 1. The molecule has 24 heavy (non-hydrogen) atoms. The number of hydrogen-bond acceptors (Lipinski definition) is 6. The third kappa shape index (κ3) is 2.79. The van der Waals surface area contributed by atoms with Crippen LogP contribution in [0, 0.1) is 0 Å². The van der Waals surface area contributed by atoms with E-state index in [1.54, 1.807) is 43.3 Å². The maximum atomic E-state index is 11.8. The van der Waals surface area contributed by atoms with E-state index < -0.39 is 5.97 Å². The Hall–Kier alpha value is -3.35. The van der Waals surface area contributed by atoms with Crippen LogP contribution in [-0.4, -0.2) is 32.4 Å². The van der Waals surface area contributed by atoms with Gasteiger partial charge in [-0.15, -0.1) is 0 Å². The molecule has 0 bridgehead atoms. The van der Waals surface area contributed by atoms with Crippen LogP contribution in [-0.2, 0) is 4.74 Å². The lowest BCUT2D eigenvalue weighted by Crippen LogP contribution is -2.09. The number of phenols is 1. The first-order valence-corrected chi connectivity index (χ1v) is 7.38. The molecule has 3 rings (SSSR count). The normalized spacial score (nSPS) is 10.5. The number of phenolic OH excluding ortho intramolecular Hbond substituents is 1. The van der Waals surface area contributed by atoms with Gasteiger partial charge in [0, 0.05) is 5.56 Å². The summed E-state index contributed by atoms with van der Waals surface area (Å²) in [4.78, 5) is 16.3. The van der Waals surface area contributed by atoms with Crippen molar-refractivity contribution in [3.05, 3.63) is 54.2 Å². The Morgan fingerprint density at radius 3 is 2.79 bits per heavy atom. The van der Waals surface area contributed by atoms with Crippen LogP contribution < -0.4 is 5.73 Å². The Morgan fingerprint density at radius 1 is 1.25 bits per heavy atom. The van der Waals surface area contributed by atoms with Gasteiger partial charge < -0.3 is 15.6 Å². The second kappa shape index (κ2) is 6.41. The lowest BCUT2D eigenvalue weighted by Gasteiger charge is -2.08. The highest BCUT2D eigenvalue weighted by molar-refractivity contribution is 5.94. The minimum absolute atomic E-state index is 0.128. The Balaban J connectivity index is 2.01. The molecule has 0 unspecified atom stereocenters. The van der Waals surface area contributed by atoms with E-state index in [4.69, 9.17) is 10.5 Å². The number of nitrogens with zero attached hydrogens (tertiary/aromatic N) is 3. The standard InChI is InChI=1S/C17H16N4O3/c1-2-24-17(23)12-10-19-21(16(12)18)15-9-5-7-13(20-15)11-6-3-4-8-14(11)22/h3-10,22H,2,18H2,1H3. The predicted molar refractivity (Wildman–Crippen MR) is 88.8 cm³/mol. The average molecular weight is 324 g/mol. The third-order valence-corrected chi connectivity index (χ3v) is 3.43. The first-order valence-electron chi connectivity index (χ1n) is 7.38. The number of rotatable bonds is 4. The van der Waals surface area contributed by atoms with E-state index in [0.717, 1.165) is 0 Å². The zero-order valence-corrected chi connectivity index (χ0v) is 13.0. The zero-order valence-electron chi connectivity index (χ0n) is 13.0. The van der Waals surface area contributed by atoms with Gasteiger partial charge in [0.05, 0.1) is 18.5 Å². The molecule has 0 saturated heterocycles. The fraction of sp³-hybridized carbons (Fsp3) is 0.118. The van der Waals surface area contributed by atoms with Crippen LogP contribution in [0.3, 0.4) is 0 Å². The second-order valence-electron chi connectivity index (χ2n) is 4.97. The van der Waals surface area contributed by atoms with Gasteiger partial charge in [0.2, 0.25) is 0 Å². The summed E-state index contributed by atoms with van der Waals surface area (Å²) in [6.45, 7) is 1.97. The molecule has 0 saturated carbocycles. The summed E-state index contributed by atoms with van der Waals surface area (Å²) >= 11 is 0. The monoisotopic (exact) mass is 324 g/mol. The average Bonchev–Trinajstić information content (AvgIpc) is 2.97. The summed E-state index contributed by atoms with van der Waals surface area (Å²) in [5.41, 5.74) is 7.34. The van der Waals surface area contributed by atoms with Gasteiger partial charge in [-0.05, 0) is 31.2 Å². The number of aromatic nitrogens is 3. The molecule has 0 amide bonds. The number of hydrogen-bond donors (Lipinski definition) is 2. The summed E-state index contributed by atoms with van der Waals surface area (Å²) in [5.74, 6) is 0.181. The smallest absolute Gasteiger partial charge is 0.343 e. The molecule has 122 valence electrons. The fourth-order valence-electron chi connectivity index (χ4n) is 2.29. The van der Waals surface area contributed by atoms with Gasteiger partial charge >= 0.3 is 5.97 Å². The number of aromatic hydroxyl groups is 1. The molecule has 0 spiro atoms. The molecule has 0 fully saturated rings. The lowest BCUT2D eigenvalue weighted by atomic mass is 10.1. The Morgan fingerprint density at radius 2 is 2.04 bits per heavy atom. The predicted octanol–water partition coefficient (Wildman–Crippen LogP) is 2.40. The lowest BCUT2D eigenvalue weighted by molar-refractivity contribution is 0.0527. The molecule has 7 nitrogen and oxygen atoms in total. The molecule has 0 aliphatic carbocycles. The molecule has 1 aromatic carbocycles. The van der Waals surface area contributed by atoms with Gasteiger partial charge in [-0.1, -0.05) is 18.2 Å². The van der Waals surface area contributed by atoms with E-state index in [2.05, 4.69) is 10.1 Å². The number of anilines is 1. The van der Waals surface area contributed by atoms with Crippen LogP contribution in [0.5, 0.6) is 5.75 Å². The largest absolute Gasteiger partial charge is 0.507 e. The molecule has 3 N–H and O–H groups in total. The quantitative estimate of drug-likeness (QED) is 0.714. The van der Waals surface area contributed by atoms with E-state index in [1.807, 2.05) is 6.07 Å². The summed E-state index contributed by atoms with van der Waals surface area (Å²) < 4.78 is 6.30. The summed E-state index contributed by atoms with van der Waals surface area (Å²) in [6, 6.07) is 12.1. The molecule has 0 radical (unpaired) electrons. The van der Waals surface area contributed by atoms with Crippen LogP contribution in [0.25, 0.3) is 17.1 Å². The van der Waals surface area contributed by atoms with E-state index in [1.165, 1.54) is 10.9 Å². The van der Waals surface area contributed by atoms with Crippen molar-refractivity contribution in [1.82, 2.24) is 14.8 Å². The second-order valence-corrected chi connectivity index (χ2v) is 4.97. The van der Waals surface area contributed by atoms with Crippen molar-refractivity contribution in [2.45, 2.75) is 6.92 Å². The van der Waals surface area contributed by atoms with Gasteiger partial charge in [-0.2, -0.15) is 9.78 Å². The van der Waals surface area contributed by atoms with E-state index in [9.17, 15) is 9.90 Å². The zero-order chi connectivity index (χ0) is 17.1. The number of nitrogens with two attached hydrogens (primary N) is 1. The van der Waals surface area contributed by atoms with Crippen molar-refractivity contribution < 1.29 is 14.6 Å². The van der Waals surface area contributed by atoms with E-state index in [0.29, 0.717) is 17.1 Å². The molecule has 0 aliphatic rings. The van der Waals surface area contributed by atoms with Crippen LogP contribution in [0.2, 0.25) is 0 Å². The number of para-hydroxylation sites is 1. The maximum absolute atomic E-state index is 11.8. The van der Waals surface area contributed by atoms with Gasteiger partial charge in [-0.25, -0.2) is 9.78 Å². The van der Waals surface area contributed by atoms with Gasteiger partial charge in [0.15, 0.2) is 5.82 Å². The number of nitrogen functional groups attached to an aromatic ring is 1. The van der Waals surface area contributed by atoms with Crippen molar-refractivity contribution in [3.8, 4) is 22.8 Å². The Kier molecular flexibility index (Phi) is 4.15. The highest BCUT2D eigenvalue weighted by atomic mass is 16.5. The van der Waals surface area contributed by atoms with Crippen LogP contribution in [0.1, 0.15) is 17.3 Å². The number of carbonyl (C=O) groups is 1. The maximum Gasteiger partial charge on any atom is 0.343 e. The Labute approximate surface area is 138 Å². The first-order chi connectivity index (χ1) is 11.6. The number of pyridine rings is 1. The first kappa shape index (κ1) is 15.5. The molecule has 7 heteroatoms. The topological polar surface area (TPSA) is 103 Å². The van der Waals surface area contributed by atoms with Crippen molar-refractivity contribution in [3.63, 3.8) is 0 Å². The number of carbonyl (C=O) groups excluding carboxylic acids is 1. The van der Waals surface area contributed by atoms with Crippen molar-refractivity contribution in [1.29, 1.82) is 0 Å². The fourth-order valence-corrected chi connectivity index (χ4v) is 2.29. The van der Waals surface area contributed by atoms with Gasteiger partial charge in [-0.3, -0.25) is 0 Å². The molecule has 2 aromatic heterocycles. The minimum Gasteiger partial charge on any atom is -0.507 e. The van der Waals surface area contributed by atoms with E-state index >= 15 is 0 Å². The van der Waals surface area contributed by atoms with E-state index in [-0.39, 0.29) is 23.7 Å². The highest BCUT2D eigenvalue weighted by Gasteiger charge is 2.18. The highest BCUT2D eigenvalue weighted by Crippen LogP contribution is 2.28. The van der Waals surface area contributed by atoms with Gasteiger partial charge in [0.25, 0.3) is 0 Å². The van der Waals surface area contributed by atoms with Crippen molar-refractivity contribution in [2.24, 2.45) is 0 Å². The van der Waals surface area contributed by atoms with Crippen LogP contribution >= 0.6 is 0 Å². The van der Waals surface area contributed by atoms with Gasteiger partial charge in [0.1, 0.15) is 17.1 Å². The molecular weight excluding hydrogens is 308 g/mol. The van der Waals surface area contributed by atoms with Crippen molar-refractivity contribution >= 4 is 11.8 Å². The van der Waals surface area contributed by atoms with Crippen molar-refractivity contribution in [2.75, 3.05) is 12.3 Å².